The van der Waals surface area contributed by atoms with Crippen molar-refractivity contribution in [2.45, 2.75) is 39.8 Å². The molecule has 0 aromatic carbocycles. The molecular weight excluding hydrogens is 190 g/mol. The van der Waals surface area contributed by atoms with Gasteiger partial charge in [0.15, 0.2) is 0 Å². The molecule has 0 aliphatic carbocycles. The SMILES string of the molecule is CC(=O)N1CCn2cc(C(C)C)nc2C1. The van der Waals surface area contributed by atoms with Crippen LogP contribution in [0.15, 0.2) is 6.20 Å². The maximum atomic E-state index is 11.2. The van der Waals surface area contributed by atoms with Gasteiger partial charge in [-0.25, -0.2) is 4.98 Å². The second-order valence-corrected chi connectivity index (χ2v) is 4.37. The summed E-state index contributed by atoms with van der Waals surface area (Å²) in [5.41, 5.74) is 1.12. The van der Waals surface area contributed by atoms with E-state index < -0.39 is 0 Å². The zero-order valence-electron chi connectivity index (χ0n) is 9.53. The summed E-state index contributed by atoms with van der Waals surface area (Å²) in [5, 5.41) is 0. The van der Waals surface area contributed by atoms with E-state index in [1.807, 2.05) is 4.90 Å². The van der Waals surface area contributed by atoms with Crippen molar-refractivity contribution >= 4 is 5.91 Å². The van der Waals surface area contributed by atoms with E-state index in [-0.39, 0.29) is 5.91 Å². The summed E-state index contributed by atoms with van der Waals surface area (Å²) >= 11 is 0. The Balaban J connectivity index is 2.22. The van der Waals surface area contributed by atoms with Crippen molar-refractivity contribution in [3.05, 3.63) is 17.7 Å². The van der Waals surface area contributed by atoms with Crippen LogP contribution in [-0.2, 0) is 17.9 Å². The van der Waals surface area contributed by atoms with Crippen molar-refractivity contribution < 1.29 is 4.79 Å². The Morgan fingerprint density at radius 3 is 2.80 bits per heavy atom. The molecule has 1 aromatic rings. The Kier molecular flexibility index (Phi) is 2.50. The Bertz CT molecular complexity index is 381. The first-order valence-corrected chi connectivity index (χ1v) is 5.39. The number of aromatic nitrogens is 2. The molecule has 1 aromatic heterocycles. The van der Waals surface area contributed by atoms with Crippen molar-refractivity contribution in [3.63, 3.8) is 0 Å². The Labute approximate surface area is 89.9 Å². The molecule has 4 nitrogen and oxygen atoms in total. The fraction of sp³-hybridized carbons (Fsp3) is 0.636. The second kappa shape index (κ2) is 3.68. The summed E-state index contributed by atoms with van der Waals surface area (Å²) in [7, 11) is 0. The van der Waals surface area contributed by atoms with Crippen molar-refractivity contribution in [3.8, 4) is 0 Å². The minimum atomic E-state index is 0.135. The zero-order valence-corrected chi connectivity index (χ0v) is 9.53. The third-order valence-corrected chi connectivity index (χ3v) is 2.86. The normalized spacial score (nSPS) is 15.6. The average Bonchev–Trinajstić information content (AvgIpc) is 2.59. The molecular formula is C11H17N3O. The van der Waals surface area contributed by atoms with Gasteiger partial charge in [-0.15, -0.1) is 0 Å². The quantitative estimate of drug-likeness (QED) is 0.697. The van der Waals surface area contributed by atoms with Crippen LogP contribution in [0, 0.1) is 0 Å². The molecule has 0 unspecified atom stereocenters. The number of fused-ring (bicyclic) bond motifs is 1. The number of carbonyl (C=O) groups excluding carboxylic acids is 1. The highest BCUT2D eigenvalue weighted by molar-refractivity contribution is 5.73. The van der Waals surface area contributed by atoms with Crippen LogP contribution in [0.25, 0.3) is 0 Å². The van der Waals surface area contributed by atoms with Gasteiger partial charge in [-0.05, 0) is 5.92 Å². The zero-order chi connectivity index (χ0) is 11.0. The topological polar surface area (TPSA) is 38.1 Å². The molecule has 0 saturated heterocycles. The van der Waals surface area contributed by atoms with Crippen LogP contribution in [0.5, 0.6) is 0 Å². The van der Waals surface area contributed by atoms with Gasteiger partial charge in [-0.1, -0.05) is 13.8 Å². The van der Waals surface area contributed by atoms with Crippen LogP contribution in [0.1, 0.15) is 38.2 Å². The van der Waals surface area contributed by atoms with E-state index in [9.17, 15) is 4.79 Å². The van der Waals surface area contributed by atoms with E-state index >= 15 is 0 Å². The molecule has 2 heterocycles. The maximum absolute atomic E-state index is 11.2. The fourth-order valence-corrected chi connectivity index (χ4v) is 1.82. The molecule has 1 amide bonds. The minimum absolute atomic E-state index is 0.135. The molecule has 15 heavy (non-hydrogen) atoms. The molecule has 0 bridgehead atoms. The summed E-state index contributed by atoms with van der Waals surface area (Å²) in [5.74, 6) is 1.60. The van der Waals surface area contributed by atoms with Gasteiger partial charge in [0.25, 0.3) is 0 Å². The number of carbonyl (C=O) groups is 1. The summed E-state index contributed by atoms with van der Waals surface area (Å²) in [6.07, 6.45) is 2.11. The molecule has 0 spiro atoms. The predicted octanol–water partition coefficient (Wildman–Crippen LogP) is 1.37. The first-order chi connectivity index (χ1) is 7.08. The first kappa shape index (κ1) is 10.2. The van der Waals surface area contributed by atoms with Crippen molar-refractivity contribution in [1.29, 1.82) is 0 Å². The Morgan fingerprint density at radius 2 is 2.20 bits per heavy atom. The Morgan fingerprint density at radius 1 is 1.47 bits per heavy atom. The second-order valence-electron chi connectivity index (χ2n) is 4.37. The smallest absolute Gasteiger partial charge is 0.219 e. The van der Waals surface area contributed by atoms with E-state index in [0.29, 0.717) is 12.5 Å². The predicted molar refractivity (Wildman–Crippen MR) is 57.4 cm³/mol. The van der Waals surface area contributed by atoms with E-state index in [1.165, 1.54) is 0 Å². The summed E-state index contributed by atoms with van der Waals surface area (Å²) in [6.45, 7) is 8.21. The standard InChI is InChI=1S/C11H17N3O/c1-8(2)10-6-14-5-4-13(9(3)15)7-11(14)12-10/h6,8H,4-5,7H2,1-3H3. The molecule has 0 fully saturated rings. The van der Waals surface area contributed by atoms with Gasteiger partial charge >= 0.3 is 0 Å². The number of hydrogen-bond donors (Lipinski definition) is 0. The highest BCUT2D eigenvalue weighted by Gasteiger charge is 2.20. The highest BCUT2D eigenvalue weighted by atomic mass is 16.2. The van der Waals surface area contributed by atoms with Gasteiger partial charge in [0.2, 0.25) is 5.91 Å². The van der Waals surface area contributed by atoms with Gasteiger partial charge in [0.05, 0.1) is 12.2 Å². The van der Waals surface area contributed by atoms with Crippen LogP contribution in [-0.4, -0.2) is 26.9 Å². The van der Waals surface area contributed by atoms with Crippen LogP contribution < -0.4 is 0 Å². The van der Waals surface area contributed by atoms with Gasteiger partial charge in [0, 0.05) is 26.2 Å². The summed E-state index contributed by atoms with van der Waals surface area (Å²) in [6, 6.07) is 0. The summed E-state index contributed by atoms with van der Waals surface area (Å²) in [4.78, 5) is 17.6. The molecule has 82 valence electrons. The largest absolute Gasteiger partial charge is 0.334 e. The molecule has 1 aliphatic heterocycles. The molecule has 4 heteroatoms. The van der Waals surface area contributed by atoms with Crippen LogP contribution in [0.4, 0.5) is 0 Å². The highest BCUT2D eigenvalue weighted by Crippen LogP contribution is 2.17. The minimum Gasteiger partial charge on any atom is -0.334 e. The summed E-state index contributed by atoms with van der Waals surface area (Å²) < 4.78 is 2.16. The van der Waals surface area contributed by atoms with Crippen LogP contribution in [0.2, 0.25) is 0 Å². The maximum Gasteiger partial charge on any atom is 0.219 e. The number of rotatable bonds is 1. The third-order valence-electron chi connectivity index (χ3n) is 2.86. The van der Waals surface area contributed by atoms with Crippen molar-refractivity contribution in [2.75, 3.05) is 6.54 Å². The molecule has 0 saturated carbocycles. The van der Waals surface area contributed by atoms with Gasteiger partial charge in [0.1, 0.15) is 5.82 Å². The lowest BCUT2D eigenvalue weighted by atomic mass is 10.2. The van der Waals surface area contributed by atoms with E-state index in [4.69, 9.17) is 0 Å². The van der Waals surface area contributed by atoms with Gasteiger partial charge < -0.3 is 9.47 Å². The number of nitrogens with zero attached hydrogens (tertiary/aromatic N) is 3. The monoisotopic (exact) mass is 207 g/mol. The van der Waals surface area contributed by atoms with Crippen molar-refractivity contribution in [1.82, 2.24) is 14.5 Å². The number of hydrogen-bond acceptors (Lipinski definition) is 2. The van der Waals surface area contributed by atoms with E-state index in [2.05, 4.69) is 29.6 Å². The number of amides is 1. The van der Waals surface area contributed by atoms with Gasteiger partial charge in [-0.2, -0.15) is 0 Å². The lowest BCUT2D eigenvalue weighted by Crippen LogP contribution is -2.36. The molecule has 0 atom stereocenters. The van der Waals surface area contributed by atoms with E-state index in [1.54, 1.807) is 6.92 Å². The van der Waals surface area contributed by atoms with E-state index in [0.717, 1.165) is 24.6 Å². The van der Waals surface area contributed by atoms with Crippen LogP contribution in [0.3, 0.4) is 0 Å². The first-order valence-electron chi connectivity index (χ1n) is 5.39. The Hall–Kier alpha value is -1.32. The third kappa shape index (κ3) is 1.89. The lowest BCUT2D eigenvalue weighted by molar-refractivity contribution is -0.130. The molecule has 0 radical (unpaired) electrons. The van der Waals surface area contributed by atoms with Crippen molar-refractivity contribution in [2.24, 2.45) is 0 Å². The van der Waals surface area contributed by atoms with Gasteiger partial charge in [-0.3, -0.25) is 4.79 Å². The average molecular weight is 207 g/mol. The lowest BCUT2D eigenvalue weighted by Gasteiger charge is -2.26. The molecule has 1 aliphatic rings. The molecule has 2 rings (SSSR count). The molecule has 0 N–H and O–H groups in total. The fourth-order valence-electron chi connectivity index (χ4n) is 1.82. The van der Waals surface area contributed by atoms with Crippen LogP contribution >= 0.6 is 0 Å². The number of imidazole rings is 1.